The van der Waals surface area contributed by atoms with Crippen LogP contribution in [0.1, 0.15) is 232 Å². The van der Waals surface area contributed by atoms with Crippen molar-refractivity contribution in [1.29, 1.82) is 0 Å². The van der Waals surface area contributed by atoms with Crippen LogP contribution in [-0.4, -0.2) is 73.4 Å². The van der Waals surface area contributed by atoms with Crippen LogP contribution < -0.4 is 5.32 Å². The number of aliphatic hydroxyl groups excluding tert-OH is 1. The normalized spacial score (nSPS) is 14.6. The summed E-state index contributed by atoms with van der Waals surface area (Å²) >= 11 is 0. The first-order chi connectivity index (χ1) is 32.0. The number of hydrogen-bond donors (Lipinski definition) is 3. The van der Waals surface area contributed by atoms with Crippen LogP contribution in [0.2, 0.25) is 0 Å². The molecule has 0 radical (unpaired) electrons. The first kappa shape index (κ1) is 63.9. The third kappa shape index (κ3) is 49.8. The number of hydrogen-bond acceptors (Lipinski definition) is 5. The fraction of sp³-hybridized carbons (Fsp3) is 0.772. The van der Waals surface area contributed by atoms with Crippen molar-refractivity contribution < 1.29 is 32.9 Å². The van der Waals surface area contributed by atoms with Gasteiger partial charge in [0.25, 0.3) is 0 Å². The Morgan fingerprint density at radius 3 is 1.38 bits per heavy atom. The molecule has 3 N–H and O–H groups in total. The zero-order valence-electron chi connectivity index (χ0n) is 43.7. The number of allylic oxidation sites excluding steroid dienone is 11. The molecule has 0 heterocycles. The minimum absolute atomic E-state index is 0.0551. The van der Waals surface area contributed by atoms with Crippen molar-refractivity contribution in [3.8, 4) is 0 Å². The Hall–Kier alpha value is -2.06. The number of aliphatic hydroxyl groups is 1. The molecule has 0 saturated carbocycles. The number of nitrogens with zero attached hydrogens (tertiary/aromatic N) is 1. The van der Waals surface area contributed by atoms with Gasteiger partial charge in [0.15, 0.2) is 0 Å². The van der Waals surface area contributed by atoms with Gasteiger partial charge >= 0.3 is 7.82 Å². The number of rotatable bonds is 49. The molecule has 1 amide bonds. The Balaban J connectivity index is 3.80. The molecular formula is C57H106N2O6P+. The number of nitrogens with one attached hydrogen (secondary N) is 1. The summed E-state index contributed by atoms with van der Waals surface area (Å²) < 4.78 is 23.5. The molecule has 0 rings (SSSR count). The van der Waals surface area contributed by atoms with Crippen LogP contribution in [0.25, 0.3) is 0 Å². The fourth-order valence-corrected chi connectivity index (χ4v) is 8.38. The third-order valence-electron chi connectivity index (χ3n) is 11.9. The summed E-state index contributed by atoms with van der Waals surface area (Å²) in [6.45, 7) is 4.57. The lowest BCUT2D eigenvalue weighted by molar-refractivity contribution is -0.870. The molecule has 8 nitrogen and oxygen atoms in total. The van der Waals surface area contributed by atoms with E-state index >= 15 is 0 Å². The van der Waals surface area contributed by atoms with Gasteiger partial charge < -0.3 is 19.8 Å². The second-order valence-electron chi connectivity index (χ2n) is 19.6. The molecule has 3 unspecified atom stereocenters. The SMILES string of the molecule is CC/C=C\C/C=C\C/C=C\C/C=C\CCCCCCCCCCCCCCCCCCCCCCCCCCC(=O)NC(COP(=O)(O)OCC[N+](C)(C)C)C(O)/C=C/CC/C=C/CCC. The maximum atomic E-state index is 12.8. The van der Waals surface area contributed by atoms with Gasteiger partial charge in [-0.3, -0.25) is 13.8 Å². The van der Waals surface area contributed by atoms with Gasteiger partial charge in [0.2, 0.25) is 5.91 Å². The fourth-order valence-electron chi connectivity index (χ4n) is 7.65. The van der Waals surface area contributed by atoms with Crippen LogP contribution >= 0.6 is 7.82 Å². The first-order valence-electron chi connectivity index (χ1n) is 27.3. The van der Waals surface area contributed by atoms with Gasteiger partial charge in [-0.15, -0.1) is 0 Å². The average molecular weight is 946 g/mol. The zero-order chi connectivity index (χ0) is 48.5. The van der Waals surface area contributed by atoms with Gasteiger partial charge in [0.05, 0.1) is 39.9 Å². The number of likely N-dealkylation sites (N-methyl/N-ethyl adjacent to an activating group) is 1. The van der Waals surface area contributed by atoms with E-state index in [1.165, 1.54) is 141 Å². The van der Waals surface area contributed by atoms with Crippen LogP contribution in [0.3, 0.4) is 0 Å². The maximum Gasteiger partial charge on any atom is 0.472 e. The Morgan fingerprint density at radius 1 is 0.530 bits per heavy atom. The van der Waals surface area contributed by atoms with E-state index < -0.39 is 20.0 Å². The van der Waals surface area contributed by atoms with Crippen molar-refractivity contribution in [2.75, 3.05) is 40.9 Å². The second kappa shape index (κ2) is 48.0. The summed E-state index contributed by atoms with van der Waals surface area (Å²) in [5.74, 6) is -0.190. The highest BCUT2D eigenvalue weighted by atomic mass is 31.2. The van der Waals surface area contributed by atoms with Gasteiger partial charge in [-0.1, -0.05) is 234 Å². The molecular weight excluding hydrogens is 840 g/mol. The molecule has 384 valence electrons. The summed E-state index contributed by atoms with van der Waals surface area (Å²) in [4.78, 5) is 23.1. The van der Waals surface area contributed by atoms with Gasteiger partial charge in [-0.05, 0) is 64.2 Å². The highest BCUT2D eigenvalue weighted by molar-refractivity contribution is 7.47. The lowest BCUT2D eigenvalue weighted by Crippen LogP contribution is -2.45. The molecule has 9 heteroatoms. The number of amides is 1. The van der Waals surface area contributed by atoms with Gasteiger partial charge in [-0.2, -0.15) is 0 Å². The second-order valence-corrected chi connectivity index (χ2v) is 21.0. The Morgan fingerprint density at radius 2 is 0.924 bits per heavy atom. The monoisotopic (exact) mass is 946 g/mol. The van der Waals surface area contributed by atoms with E-state index in [0.29, 0.717) is 17.4 Å². The molecule has 0 aliphatic rings. The quantitative estimate of drug-likeness (QED) is 0.0243. The number of carbonyl (C=O) groups excluding carboxylic acids is 1. The number of carbonyl (C=O) groups is 1. The summed E-state index contributed by atoms with van der Waals surface area (Å²) in [5, 5.41) is 13.7. The molecule has 0 spiro atoms. The molecule has 0 aromatic rings. The number of phosphoric ester groups is 1. The van der Waals surface area contributed by atoms with Gasteiger partial charge in [0, 0.05) is 6.42 Å². The van der Waals surface area contributed by atoms with E-state index in [1.807, 2.05) is 27.2 Å². The van der Waals surface area contributed by atoms with Crippen LogP contribution in [0.15, 0.2) is 72.9 Å². The van der Waals surface area contributed by atoms with Crippen LogP contribution in [0.5, 0.6) is 0 Å². The molecule has 66 heavy (non-hydrogen) atoms. The van der Waals surface area contributed by atoms with Crippen molar-refractivity contribution in [2.24, 2.45) is 0 Å². The molecule has 0 aromatic carbocycles. The molecule has 0 bridgehead atoms. The van der Waals surface area contributed by atoms with Crippen LogP contribution in [0.4, 0.5) is 0 Å². The smallest absolute Gasteiger partial charge is 0.387 e. The number of quaternary nitrogens is 1. The van der Waals surface area contributed by atoms with E-state index in [9.17, 15) is 19.4 Å². The standard InChI is InChI=1S/C57H105N2O6P/c1-6-8-10-12-14-15-16-17-18-19-20-21-22-23-24-25-26-27-28-29-30-31-32-33-34-35-36-37-38-39-40-41-42-43-45-47-49-51-57(61)58-55(56(60)50-48-46-44-13-11-9-7-2)54-65-66(62,63)64-53-52-59(3,4)5/h8,10-11,13-15,17-18,20-21,48,50,55-56,60H,6-7,9,12,16,19,22-47,49,51-54H2,1-5H3,(H-,58,61,62,63)/p+1/b10-8-,13-11+,15-14-,18-17-,21-20-,50-48+. The third-order valence-corrected chi connectivity index (χ3v) is 12.9. The number of phosphoric acid groups is 1. The van der Waals surface area contributed by atoms with Crippen molar-refractivity contribution in [3.05, 3.63) is 72.9 Å². The van der Waals surface area contributed by atoms with Gasteiger partial charge in [-0.25, -0.2) is 4.57 Å². The first-order valence-corrected chi connectivity index (χ1v) is 28.8. The minimum atomic E-state index is -4.34. The minimum Gasteiger partial charge on any atom is -0.387 e. The van der Waals surface area contributed by atoms with Crippen molar-refractivity contribution in [1.82, 2.24) is 5.32 Å². The molecule has 3 atom stereocenters. The van der Waals surface area contributed by atoms with Gasteiger partial charge in [0.1, 0.15) is 13.2 Å². The molecule has 0 aliphatic carbocycles. The summed E-state index contributed by atoms with van der Waals surface area (Å²) in [7, 11) is 1.55. The highest BCUT2D eigenvalue weighted by Crippen LogP contribution is 2.43. The van der Waals surface area contributed by atoms with E-state index in [1.54, 1.807) is 6.08 Å². The van der Waals surface area contributed by atoms with Crippen LogP contribution in [-0.2, 0) is 18.4 Å². The van der Waals surface area contributed by atoms with E-state index in [2.05, 4.69) is 79.9 Å². The highest BCUT2D eigenvalue weighted by Gasteiger charge is 2.27. The van der Waals surface area contributed by atoms with E-state index in [0.717, 1.165) is 70.6 Å². The molecule has 0 fully saturated rings. The topological polar surface area (TPSA) is 105 Å². The van der Waals surface area contributed by atoms with Crippen molar-refractivity contribution >= 4 is 13.7 Å². The summed E-state index contributed by atoms with van der Waals surface area (Å²) in [5.41, 5.74) is 0. The molecule has 0 saturated heterocycles. The lowest BCUT2D eigenvalue weighted by Gasteiger charge is -2.25. The largest absolute Gasteiger partial charge is 0.472 e. The maximum absolute atomic E-state index is 12.8. The summed E-state index contributed by atoms with van der Waals surface area (Å²) in [6.07, 6.45) is 66.3. The zero-order valence-corrected chi connectivity index (χ0v) is 44.6. The van der Waals surface area contributed by atoms with Crippen LogP contribution in [0, 0.1) is 0 Å². The van der Waals surface area contributed by atoms with Crippen molar-refractivity contribution in [3.63, 3.8) is 0 Å². The summed E-state index contributed by atoms with van der Waals surface area (Å²) in [6, 6.07) is -0.860. The molecule has 0 aromatic heterocycles. The molecule has 0 aliphatic heterocycles. The average Bonchev–Trinajstić information content (AvgIpc) is 3.28. The predicted octanol–water partition coefficient (Wildman–Crippen LogP) is 16.3. The Kier molecular flexibility index (Phi) is 46.5. The van der Waals surface area contributed by atoms with E-state index in [-0.39, 0.29) is 19.1 Å². The Bertz CT molecular complexity index is 1300. The Labute approximate surface area is 408 Å². The number of unbranched alkanes of at least 4 members (excludes halogenated alkanes) is 26. The predicted molar refractivity (Wildman–Crippen MR) is 286 cm³/mol. The lowest BCUT2D eigenvalue weighted by atomic mass is 10.0. The van der Waals surface area contributed by atoms with E-state index in [4.69, 9.17) is 9.05 Å². The van der Waals surface area contributed by atoms with Crippen molar-refractivity contribution in [2.45, 2.75) is 244 Å².